The normalized spacial score (nSPS) is 9.62. The zero-order valence-electron chi connectivity index (χ0n) is 11.1. The largest absolute Gasteiger partial charge is 0.494 e. The summed E-state index contributed by atoms with van der Waals surface area (Å²) >= 11 is 0. The van der Waals surface area contributed by atoms with Crippen LogP contribution < -0.4 is 20.7 Å². The Morgan fingerprint density at radius 1 is 1.24 bits per heavy atom. The fraction of sp³-hybridized carbons (Fsp3) is 0.250. The van der Waals surface area contributed by atoms with Crippen LogP contribution in [0.2, 0.25) is 0 Å². The van der Waals surface area contributed by atoms with E-state index in [2.05, 4.69) is 16.0 Å². The van der Waals surface area contributed by atoms with Gasteiger partial charge in [0, 0.05) is 6.07 Å². The molecule has 0 aliphatic carbocycles. The topological polar surface area (TPSA) is 117 Å². The molecule has 0 bridgehead atoms. The van der Waals surface area contributed by atoms with E-state index in [-0.39, 0.29) is 11.4 Å². The van der Waals surface area contributed by atoms with Gasteiger partial charge in [0.2, 0.25) is 5.91 Å². The molecule has 0 aromatic heterocycles. The van der Waals surface area contributed by atoms with Crippen LogP contribution in [0.3, 0.4) is 0 Å². The van der Waals surface area contributed by atoms with Crippen molar-refractivity contribution in [2.75, 3.05) is 25.5 Å². The van der Waals surface area contributed by atoms with Crippen LogP contribution in [0.15, 0.2) is 18.2 Å². The van der Waals surface area contributed by atoms with Crippen LogP contribution >= 0.6 is 0 Å². The Bertz CT molecular complexity index is 550. The van der Waals surface area contributed by atoms with Gasteiger partial charge in [-0.05, 0) is 12.1 Å². The summed E-state index contributed by atoms with van der Waals surface area (Å²) in [6.45, 7) is -0.934. The maximum Gasteiger partial charge on any atom is 0.322 e. The Balaban J connectivity index is 2.47. The third-order valence-corrected chi connectivity index (χ3v) is 2.26. The number of benzene rings is 1. The third kappa shape index (κ3) is 5.76. The molecule has 21 heavy (non-hydrogen) atoms. The average Bonchev–Trinajstić information content (AvgIpc) is 2.44. The van der Waals surface area contributed by atoms with E-state index >= 15 is 0 Å². The van der Waals surface area contributed by atoms with Gasteiger partial charge in [0.1, 0.15) is 18.1 Å². The Labute approximate surface area is 119 Å². The smallest absolute Gasteiger partial charge is 0.322 e. The zero-order chi connectivity index (χ0) is 15.8. The van der Waals surface area contributed by atoms with Gasteiger partial charge in [-0.1, -0.05) is 0 Å². The molecular formula is C12H14FN3O5. The van der Waals surface area contributed by atoms with Crippen LogP contribution in [0.25, 0.3) is 0 Å². The second-order valence-corrected chi connectivity index (χ2v) is 3.82. The number of urea groups is 1. The quantitative estimate of drug-likeness (QED) is 0.597. The molecule has 0 spiro atoms. The van der Waals surface area contributed by atoms with Crippen molar-refractivity contribution in [2.24, 2.45) is 0 Å². The predicted octanol–water partition coefficient (Wildman–Crippen LogP) is 0.157. The molecule has 8 nitrogen and oxygen atoms in total. The van der Waals surface area contributed by atoms with Crippen molar-refractivity contribution in [3.05, 3.63) is 24.0 Å². The molecule has 0 aliphatic rings. The number of nitrogens with one attached hydrogen (secondary N) is 3. The van der Waals surface area contributed by atoms with Gasteiger partial charge in [-0.3, -0.25) is 9.59 Å². The average molecular weight is 299 g/mol. The number of carboxylic acid groups (broad SMARTS) is 1. The van der Waals surface area contributed by atoms with E-state index in [0.717, 1.165) is 12.1 Å². The summed E-state index contributed by atoms with van der Waals surface area (Å²) in [5, 5.41) is 15.0. The van der Waals surface area contributed by atoms with E-state index < -0.39 is 36.8 Å². The minimum Gasteiger partial charge on any atom is -0.494 e. The van der Waals surface area contributed by atoms with Crippen LogP contribution in [-0.4, -0.2) is 43.2 Å². The number of halogens is 1. The highest BCUT2D eigenvalue weighted by Gasteiger charge is 2.10. The van der Waals surface area contributed by atoms with Gasteiger partial charge in [0.15, 0.2) is 0 Å². The number of anilines is 1. The number of carbonyl (C=O) groups is 3. The standard InChI is InChI=1S/C12H14FN3O5/c1-21-9-4-7(13)2-3-8(9)16-12(20)15-5-10(17)14-6-11(18)19/h2-4H,5-6H2,1H3,(H,14,17)(H,18,19)(H2,15,16,20). The number of amides is 3. The molecule has 0 saturated carbocycles. The predicted molar refractivity (Wildman–Crippen MR) is 70.6 cm³/mol. The van der Waals surface area contributed by atoms with Gasteiger partial charge < -0.3 is 25.8 Å². The lowest BCUT2D eigenvalue weighted by atomic mass is 10.3. The second kappa shape index (κ2) is 7.68. The van der Waals surface area contributed by atoms with Crippen molar-refractivity contribution < 1.29 is 28.6 Å². The van der Waals surface area contributed by atoms with Crippen molar-refractivity contribution in [3.63, 3.8) is 0 Å². The molecule has 3 amide bonds. The number of methoxy groups -OCH3 is 1. The number of carbonyl (C=O) groups excluding carboxylic acids is 2. The lowest BCUT2D eigenvalue weighted by Crippen LogP contribution is -2.40. The fourth-order valence-electron chi connectivity index (χ4n) is 1.33. The molecule has 0 aliphatic heterocycles. The van der Waals surface area contributed by atoms with E-state index in [9.17, 15) is 18.8 Å². The Morgan fingerprint density at radius 2 is 1.95 bits per heavy atom. The minimum absolute atomic E-state index is 0.125. The summed E-state index contributed by atoms with van der Waals surface area (Å²) in [4.78, 5) is 32.9. The van der Waals surface area contributed by atoms with Gasteiger partial charge in [0.05, 0.1) is 19.3 Å². The SMILES string of the molecule is COc1cc(F)ccc1NC(=O)NCC(=O)NCC(=O)O. The first-order chi connectivity index (χ1) is 9.92. The molecule has 9 heteroatoms. The van der Waals surface area contributed by atoms with Crippen LogP contribution in [0.4, 0.5) is 14.9 Å². The minimum atomic E-state index is -1.19. The van der Waals surface area contributed by atoms with E-state index in [1.54, 1.807) is 0 Å². The van der Waals surface area contributed by atoms with Crippen LogP contribution in [0.5, 0.6) is 5.75 Å². The molecule has 0 saturated heterocycles. The van der Waals surface area contributed by atoms with E-state index in [1.165, 1.54) is 13.2 Å². The molecule has 1 aromatic carbocycles. The van der Waals surface area contributed by atoms with E-state index in [0.29, 0.717) is 0 Å². The summed E-state index contributed by atoms with van der Waals surface area (Å²) in [5.41, 5.74) is 0.224. The molecule has 114 valence electrons. The summed E-state index contributed by atoms with van der Waals surface area (Å²) in [6, 6.07) is 2.82. The van der Waals surface area contributed by atoms with Gasteiger partial charge in [0.25, 0.3) is 0 Å². The number of ether oxygens (including phenoxy) is 1. The lowest BCUT2D eigenvalue weighted by molar-refractivity contribution is -0.137. The molecule has 1 rings (SSSR count). The third-order valence-electron chi connectivity index (χ3n) is 2.26. The van der Waals surface area contributed by atoms with Crippen LogP contribution in [0, 0.1) is 5.82 Å². The van der Waals surface area contributed by atoms with Gasteiger partial charge in [-0.25, -0.2) is 9.18 Å². The zero-order valence-corrected chi connectivity index (χ0v) is 11.1. The number of carboxylic acids is 1. The van der Waals surface area contributed by atoms with Crippen molar-refractivity contribution in [3.8, 4) is 5.75 Å². The monoisotopic (exact) mass is 299 g/mol. The van der Waals surface area contributed by atoms with Crippen molar-refractivity contribution in [1.82, 2.24) is 10.6 Å². The number of hydrogen-bond acceptors (Lipinski definition) is 4. The van der Waals surface area contributed by atoms with Gasteiger partial charge in [-0.15, -0.1) is 0 Å². The van der Waals surface area contributed by atoms with E-state index in [1.807, 2.05) is 0 Å². The molecule has 0 fully saturated rings. The highest BCUT2D eigenvalue weighted by atomic mass is 19.1. The van der Waals surface area contributed by atoms with Crippen molar-refractivity contribution in [2.45, 2.75) is 0 Å². The maximum absolute atomic E-state index is 13.0. The summed E-state index contributed by atoms with van der Waals surface area (Å²) in [7, 11) is 1.32. The van der Waals surface area contributed by atoms with Gasteiger partial charge in [-0.2, -0.15) is 0 Å². The first-order valence-corrected chi connectivity index (χ1v) is 5.79. The first-order valence-electron chi connectivity index (χ1n) is 5.79. The molecule has 0 radical (unpaired) electrons. The van der Waals surface area contributed by atoms with Gasteiger partial charge >= 0.3 is 12.0 Å². The number of aliphatic carboxylic acids is 1. The van der Waals surface area contributed by atoms with Crippen molar-refractivity contribution >= 4 is 23.6 Å². The number of hydrogen-bond donors (Lipinski definition) is 4. The van der Waals surface area contributed by atoms with Crippen LogP contribution in [0.1, 0.15) is 0 Å². The van der Waals surface area contributed by atoms with Crippen molar-refractivity contribution in [1.29, 1.82) is 0 Å². The Kier molecular flexibility index (Phi) is 5.93. The van der Waals surface area contributed by atoms with Crippen LogP contribution in [-0.2, 0) is 9.59 Å². The van der Waals surface area contributed by atoms with E-state index in [4.69, 9.17) is 9.84 Å². The highest BCUT2D eigenvalue weighted by Crippen LogP contribution is 2.24. The molecule has 1 aromatic rings. The first kappa shape index (κ1) is 16.2. The highest BCUT2D eigenvalue weighted by molar-refractivity contribution is 5.93. The molecular weight excluding hydrogens is 285 g/mol. The molecule has 0 unspecified atom stereocenters. The molecule has 0 heterocycles. The summed E-state index contributed by atoms with van der Waals surface area (Å²) in [5.74, 6) is -2.24. The second-order valence-electron chi connectivity index (χ2n) is 3.82. The lowest BCUT2D eigenvalue weighted by Gasteiger charge is -2.11. The Morgan fingerprint density at radius 3 is 2.57 bits per heavy atom. The maximum atomic E-state index is 13.0. The molecule has 0 atom stereocenters. The number of rotatable bonds is 6. The summed E-state index contributed by atoms with van der Waals surface area (Å²) in [6.07, 6.45) is 0. The molecule has 4 N–H and O–H groups in total. The fourth-order valence-corrected chi connectivity index (χ4v) is 1.33. The summed E-state index contributed by atoms with van der Waals surface area (Å²) < 4.78 is 17.9. The Hall–Kier alpha value is -2.84.